The molecule has 1 aromatic carbocycles. The van der Waals surface area contributed by atoms with Crippen LogP contribution in [0.25, 0.3) is 0 Å². The molecule has 0 spiro atoms. The molecule has 3 N–H and O–H groups in total. The lowest BCUT2D eigenvalue weighted by Gasteiger charge is -2.33. The number of nitrogens with zero attached hydrogens (tertiary/aromatic N) is 2. The van der Waals surface area contributed by atoms with E-state index in [2.05, 4.69) is 4.72 Å². The van der Waals surface area contributed by atoms with E-state index in [0.717, 1.165) is 15.9 Å². The van der Waals surface area contributed by atoms with Crippen LogP contribution in [0.3, 0.4) is 0 Å². The van der Waals surface area contributed by atoms with E-state index in [-0.39, 0.29) is 55.7 Å². The van der Waals surface area contributed by atoms with Crippen molar-refractivity contribution in [2.24, 2.45) is 5.73 Å². The van der Waals surface area contributed by atoms with Gasteiger partial charge in [-0.3, -0.25) is 9.59 Å². The summed E-state index contributed by atoms with van der Waals surface area (Å²) in [6.07, 6.45) is -0.0585. The number of carbonyl (C=O) groups is 2. The number of amides is 2. The zero-order valence-corrected chi connectivity index (χ0v) is 19.9. The normalized spacial score (nSPS) is 15.5. The molecule has 0 unspecified atom stereocenters. The molecular formula is C20H26N4O7S2. The average Bonchev–Trinajstić information content (AvgIpc) is 3.25. The van der Waals surface area contributed by atoms with Crippen LogP contribution in [-0.2, 0) is 24.8 Å². The minimum atomic E-state index is -3.97. The van der Waals surface area contributed by atoms with E-state index in [1.165, 1.54) is 17.0 Å². The molecule has 0 aliphatic carbocycles. The van der Waals surface area contributed by atoms with Gasteiger partial charge in [-0.05, 0) is 37.6 Å². The Bertz CT molecular complexity index is 1260. The Kier molecular flexibility index (Phi) is 7.26. The van der Waals surface area contributed by atoms with E-state index < -0.39 is 31.0 Å². The summed E-state index contributed by atoms with van der Waals surface area (Å²) in [7, 11) is -7.72. The lowest BCUT2D eigenvalue weighted by Crippen LogP contribution is -2.50. The number of primary amides is 1. The number of sulfonamides is 2. The quantitative estimate of drug-likeness (QED) is 0.525. The van der Waals surface area contributed by atoms with Crippen LogP contribution in [0.1, 0.15) is 28.1 Å². The highest BCUT2D eigenvalue weighted by Crippen LogP contribution is 2.20. The van der Waals surface area contributed by atoms with Gasteiger partial charge < -0.3 is 15.1 Å². The molecule has 1 aromatic heterocycles. The van der Waals surface area contributed by atoms with Gasteiger partial charge in [-0.25, -0.2) is 21.6 Å². The SMILES string of the molecule is Cc1ccc(S(=O)(=O)NCCC(=O)N2CCN(S(=O)(=O)c3ccc(C(N)=O)o3)CC2)c(C)c1. The Morgan fingerprint density at radius 1 is 1.03 bits per heavy atom. The number of nitrogens with two attached hydrogens (primary N) is 1. The molecule has 0 atom stereocenters. The molecule has 33 heavy (non-hydrogen) atoms. The summed E-state index contributed by atoms with van der Waals surface area (Å²) in [5.41, 5.74) is 6.65. The molecule has 1 aliphatic heterocycles. The number of benzene rings is 1. The van der Waals surface area contributed by atoms with E-state index in [4.69, 9.17) is 10.2 Å². The smallest absolute Gasteiger partial charge is 0.284 e. The van der Waals surface area contributed by atoms with Crippen molar-refractivity contribution in [1.82, 2.24) is 13.9 Å². The fourth-order valence-corrected chi connectivity index (χ4v) is 6.12. The number of aryl methyl sites for hydroxylation is 2. The predicted molar refractivity (Wildman–Crippen MR) is 118 cm³/mol. The maximum Gasteiger partial charge on any atom is 0.284 e. The Labute approximate surface area is 192 Å². The standard InChI is InChI=1S/C20H26N4O7S2/c1-14-3-5-17(15(2)13-14)32(27,28)22-8-7-18(25)23-9-11-24(12-10-23)33(29,30)19-6-4-16(31-19)20(21)26/h3-6,13,22H,7-12H2,1-2H3,(H2,21,26). The summed E-state index contributed by atoms with van der Waals surface area (Å²) in [6.45, 7) is 3.86. The average molecular weight is 499 g/mol. The minimum absolute atomic E-state index is 0.0367. The molecule has 2 heterocycles. The summed E-state index contributed by atoms with van der Waals surface area (Å²) >= 11 is 0. The van der Waals surface area contributed by atoms with Crippen molar-refractivity contribution in [3.8, 4) is 0 Å². The van der Waals surface area contributed by atoms with Gasteiger partial charge in [0.25, 0.3) is 15.9 Å². The van der Waals surface area contributed by atoms with Crippen LogP contribution in [0.4, 0.5) is 0 Å². The van der Waals surface area contributed by atoms with Crippen molar-refractivity contribution < 1.29 is 30.8 Å². The Morgan fingerprint density at radius 2 is 1.70 bits per heavy atom. The summed E-state index contributed by atoms with van der Waals surface area (Å²) in [5, 5.41) is -0.392. The van der Waals surface area contributed by atoms with Crippen molar-refractivity contribution >= 4 is 31.9 Å². The predicted octanol–water partition coefficient (Wildman–Crippen LogP) is 0.197. The van der Waals surface area contributed by atoms with Gasteiger partial charge in [-0.15, -0.1) is 0 Å². The molecule has 0 radical (unpaired) electrons. The van der Waals surface area contributed by atoms with Crippen molar-refractivity contribution in [2.75, 3.05) is 32.7 Å². The summed E-state index contributed by atoms with van der Waals surface area (Å²) in [5.74, 6) is -1.42. The minimum Gasteiger partial charge on any atom is -0.438 e. The monoisotopic (exact) mass is 498 g/mol. The highest BCUT2D eigenvalue weighted by atomic mass is 32.2. The van der Waals surface area contributed by atoms with Gasteiger partial charge in [-0.1, -0.05) is 17.7 Å². The molecule has 2 amide bonds. The molecule has 1 fully saturated rings. The van der Waals surface area contributed by atoms with Crippen LogP contribution >= 0.6 is 0 Å². The lowest BCUT2D eigenvalue weighted by atomic mass is 10.2. The maximum atomic E-state index is 12.7. The van der Waals surface area contributed by atoms with E-state index in [1.54, 1.807) is 19.1 Å². The first-order valence-electron chi connectivity index (χ1n) is 10.2. The van der Waals surface area contributed by atoms with Crippen molar-refractivity contribution in [2.45, 2.75) is 30.3 Å². The Hall–Kier alpha value is -2.74. The van der Waals surface area contributed by atoms with Gasteiger partial charge in [-0.2, -0.15) is 4.31 Å². The molecule has 13 heteroatoms. The van der Waals surface area contributed by atoms with Crippen LogP contribution < -0.4 is 10.5 Å². The molecule has 0 bridgehead atoms. The van der Waals surface area contributed by atoms with Gasteiger partial charge >= 0.3 is 0 Å². The number of hydrogen-bond donors (Lipinski definition) is 2. The third-order valence-electron chi connectivity index (χ3n) is 5.26. The van der Waals surface area contributed by atoms with Crippen LogP contribution in [0.15, 0.2) is 44.7 Å². The van der Waals surface area contributed by atoms with Crippen molar-refractivity contribution in [3.05, 3.63) is 47.2 Å². The van der Waals surface area contributed by atoms with E-state index in [9.17, 15) is 26.4 Å². The van der Waals surface area contributed by atoms with E-state index >= 15 is 0 Å². The number of piperazine rings is 1. The van der Waals surface area contributed by atoms with Gasteiger partial charge in [0.15, 0.2) is 5.76 Å². The third kappa shape index (κ3) is 5.61. The molecule has 1 saturated heterocycles. The molecule has 11 nitrogen and oxygen atoms in total. The van der Waals surface area contributed by atoms with Crippen LogP contribution in [0.5, 0.6) is 0 Å². The van der Waals surface area contributed by atoms with Gasteiger partial charge in [0.2, 0.25) is 21.0 Å². The number of nitrogens with one attached hydrogen (secondary N) is 1. The summed E-state index contributed by atoms with van der Waals surface area (Å²) < 4.78 is 59.0. The van der Waals surface area contributed by atoms with Crippen LogP contribution in [-0.4, -0.2) is 70.6 Å². The molecule has 1 aliphatic rings. The molecule has 2 aromatic rings. The Balaban J connectivity index is 1.52. The molecular weight excluding hydrogens is 472 g/mol. The largest absolute Gasteiger partial charge is 0.438 e. The highest BCUT2D eigenvalue weighted by molar-refractivity contribution is 7.89. The van der Waals surface area contributed by atoms with Gasteiger partial charge in [0, 0.05) is 39.1 Å². The Morgan fingerprint density at radius 3 is 2.27 bits per heavy atom. The second-order valence-corrected chi connectivity index (χ2v) is 11.3. The highest BCUT2D eigenvalue weighted by Gasteiger charge is 2.32. The molecule has 180 valence electrons. The topological polar surface area (TPSA) is 160 Å². The number of rotatable bonds is 8. The van der Waals surface area contributed by atoms with E-state index in [0.29, 0.717) is 5.56 Å². The first kappa shape index (κ1) is 24.9. The first-order valence-corrected chi connectivity index (χ1v) is 13.1. The second-order valence-electron chi connectivity index (χ2n) is 7.68. The number of furan rings is 1. The lowest BCUT2D eigenvalue weighted by molar-refractivity contribution is -0.132. The summed E-state index contributed by atoms with van der Waals surface area (Å²) in [6, 6.07) is 7.35. The van der Waals surface area contributed by atoms with Gasteiger partial charge in [0.05, 0.1) is 4.90 Å². The summed E-state index contributed by atoms with van der Waals surface area (Å²) in [4.78, 5) is 25.3. The maximum absolute atomic E-state index is 12.7. The second kappa shape index (κ2) is 9.63. The molecule has 3 rings (SSSR count). The van der Waals surface area contributed by atoms with Gasteiger partial charge in [0.1, 0.15) is 0 Å². The third-order valence-corrected chi connectivity index (χ3v) is 8.65. The zero-order valence-electron chi connectivity index (χ0n) is 18.3. The number of hydrogen-bond acceptors (Lipinski definition) is 7. The first-order chi connectivity index (χ1) is 15.4. The fraction of sp³-hybridized carbons (Fsp3) is 0.400. The molecule has 0 saturated carbocycles. The van der Waals surface area contributed by atoms with E-state index in [1.807, 2.05) is 6.92 Å². The van der Waals surface area contributed by atoms with Crippen molar-refractivity contribution in [1.29, 1.82) is 0 Å². The fourth-order valence-electron chi connectivity index (χ4n) is 3.53. The van der Waals surface area contributed by atoms with Crippen LogP contribution in [0, 0.1) is 13.8 Å². The zero-order chi connectivity index (χ0) is 24.4. The van der Waals surface area contributed by atoms with Crippen molar-refractivity contribution in [3.63, 3.8) is 0 Å². The van der Waals surface area contributed by atoms with Crippen LogP contribution in [0.2, 0.25) is 0 Å². The number of carbonyl (C=O) groups excluding carboxylic acids is 2.